The summed E-state index contributed by atoms with van der Waals surface area (Å²) in [7, 11) is 1.59. The fraction of sp³-hybridized carbons (Fsp3) is 0.562. The summed E-state index contributed by atoms with van der Waals surface area (Å²) in [6.45, 7) is 7.52. The molecule has 1 aromatic rings. The molecule has 1 rings (SSSR count). The van der Waals surface area contributed by atoms with Gasteiger partial charge in [0.15, 0.2) is 0 Å². The Balaban J connectivity index is 3.11. The molecule has 20 heavy (non-hydrogen) atoms. The van der Waals surface area contributed by atoms with Crippen molar-refractivity contribution in [2.75, 3.05) is 13.7 Å². The summed E-state index contributed by atoms with van der Waals surface area (Å²) >= 11 is 0. The van der Waals surface area contributed by atoms with Crippen LogP contribution in [0, 0.1) is 11.8 Å². The third-order valence-corrected chi connectivity index (χ3v) is 3.49. The van der Waals surface area contributed by atoms with E-state index in [1.54, 1.807) is 45.2 Å². The van der Waals surface area contributed by atoms with E-state index < -0.39 is 11.5 Å². The lowest BCUT2D eigenvalue weighted by atomic mass is 9.76. The Morgan fingerprint density at radius 2 is 1.85 bits per heavy atom. The molecule has 2 atom stereocenters. The summed E-state index contributed by atoms with van der Waals surface area (Å²) in [4.78, 5) is 12.1. The highest BCUT2D eigenvalue weighted by atomic mass is 16.5. The molecule has 112 valence electrons. The third kappa shape index (κ3) is 3.51. The average molecular weight is 280 g/mol. The Kier molecular flexibility index (Phi) is 5.57. The van der Waals surface area contributed by atoms with Gasteiger partial charge in [0.2, 0.25) is 0 Å². The molecule has 4 nitrogen and oxygen atoms in total. The van der Waals surface area contributed by atoms with Crippen molar-refractivity contribution in [1.82, 2.24) is 0 Å². The molecule has 0 aliphatic rings. The summed E-state index contributed by atoms with van der Waals surface area (Å²) in [5.41, 5.74) is -0.614. The smallest absolute Gasteiger partial charge is 0.312 e. The number of esters is 1. The molecule has 0 aliphatic heterocycles. The van der Waals surface area contributed by atoms with Crippen molar-refractivity contribution in [3.63, 3.8) is 0 Å². The highest BCUT2D eigenvalue weighted by molar-refractivity contribution is 5.74. The zero-order valence-corrected chi connectivity index (χ0v) is 12.8. The topological polar surface area (TPSA) is 55.8 Å². The lowest BCUT2D eigenvalue weighted by Crippen LogP contribution is -2.41. The second-order valence-corrected chi connectivity index (χ2v) is 5.35. The van der Waals surface area contributed by atoms with Crippen LogP contribution < -0.4 is 4.74 Å². The van der Waals surface area contributed by atoms with Gasteiger partial charge in [0, 0.05) is 0 Å². The minimum absolute atomic E-state index is 0.0360. The van der Waals surface area contributed by atoms with Gasteiger partial charge in [0.25, 0.3) is 0 Å². The molecule has 0 aliphatic carbocycles. The van der Waals surface area contributed by atoms with Gasteiger partial charge >= 0.3 is 5.97 Å². The number of benzene rings is 1. The Hall–Kier alpha value is -1.55. The fourth-order valence-corrected chi connectivity index (χ4v) is 2.49. The van der Waals surface area contributed by atoms with Crippen molar-refractivity contribution in [1.29, 1.82) is 0 Å². The lowest BCUT2D eigenvalue weighted by molar-refractivity contribution is -0.161. The molecule has 0 fully saturated rings. The van der Waals surface area contributed by atoms with Crippen LogP contribution in [-0.2, 0) is 15.1 Å². The average Bonchev–Trinajstić information content (AvgIpc) is 2.38. The molecule has 4 heteroatoms. The van der Waals surface area contributed by atoms with Crippen LogP contribution in [0.5, 0.6) is 5.75 Å². The van der Waals surface area contributed by atoms with Gasteiger partial charge in [-0.3, -0.25) is 4.79 Å². The number of rotatable bonds is 6. The van der Waals surface area contributed by atoms with Crippen molar-refractivity contribution < 1.29 is 19.4 Å². The summed E-state index contributed by atoms with van der Waals surface area (Å²) in [6, 6.07) is 7.08. The summed E-state index contributed by atoms with van der Waals surface area (Å²) in [5.74, 6) is -0.313. The fourth-order valence-electron chi connectivity index (χ4n) is 2.49. The minimum atomic E-state index is -1.29. The van der Waals surface area contributed by atoms with Crippen LogP contribution in [0.25, 0.3) is 0 Å². The molecule has 0 aromatic heterocycles. The van der Waals surface area contributed by atoms with Gasteiger partial charge in [-0.1, -0.05) is 26.0 Å². The summed E-state index contributed by atoms with van der Waals surface area (Å²) < 4.78 is 10.2. The molecule has 0 bridgehead atoms. The van der Waals surface area contributed by atoms with Gasteiger partial charge in [-0.05, 0) is 37.5 Å². The Bertz CT molecular complexity index is 434. The number of hydrogen-bond donors (Lipinski definition) is 1. The number of aliphatic hydroxyl groups is 1. The Labute approximate surface area is 120 Å². The van der Waals surface area contributed by atoms with E-state index in [9.17, 15) is 9.90 Å². The molecule has 0 radical (unpaired) electrons. The van der Waals surface area contributed by atoms with Crippen LogP contribution in [0.4, 0.5) is 0 Å². The van der Waals surface area contributed by atoms with Gasteiger partial charge in [0.05, 0.1) is 19.6 Å². The maximum absolute atomic E-state index is 12.1. The summed E-state index contributed by atoms with van der Waals surface area (Å²) in [6.07, 6.45) is 0. The van der Waals surface area contributed by atoms with Gasteiger partial charge < -0.3 is 14.6 Å². The molecular formula is C16H24O4. The molecule has 0 spiro atoms. The van der Waals surface area contributed by atoms with Crippen molar-refractivity contribution in [3.8, 4) is 5.75 Å². The molecule has 0 saturated carbocycles. The third-order valence-electron chi connectivity index (χ3n) is 3.49. The van der Waals surface area contributed by atoms with E-state index in [-0.39, 0.29) is 11.9 Å². The van der Waals surface area contributed by atoms with Gasteiger partial charge in [-0.25, -0.2) is 0 Å². The zero-order valence-electron chi connectivity index (χ0n) is 12.8. The molecular weight excluding hydrogens is 256 g/mol. The van der Waals surface area contributed by atoms with E-state index in [0.29, 0.717) is 17.9 Å². The van der Waals surface area contributed by atoms with Crippen LogP contribution in [-0.4, -0.2) is 24.8 Å². The van der Waals surface area contributed by atoms with Gasteiger partial charge in [-0.2, -0.15) is 0 Å². The van der Waals surface area contributed by atoms with Crippen molar-refractivity contribution in [3.05, 3.63) is 29.8 Å². The van der Waals surface area contributed by atoms with E-state index in [4.69, 9.17) is 9.47 Å². The first-order valence-electron chi connectivity index (χ1n) is 6.88. The monoisotopic (exact) mass is 280 g/mol. The van der Waals surface area contributed by atoms with E-state index in [1.165, 1.54) is 0 Å². The first kappa shape index (κ1) is 16.5. The molecule has 2 unspecified atom stereocenters. The van der Waals surface area contributed by atoms with E-state index in [0.717, 1.165) is 0 Å². The van der Waals surface area contributed by atoms with Crippen LogP contribution in [0.1, 0.15) is 33.3 Å². The number of carbonyl (C=O) groups excluding carboxylic acids is 1. The molecule has 1 aromatic carbocycles. The van der Waals surface area contributed by atoms with Crippen LogP contribution in [0.15, 0.2) is 24.3 Å². The highest BCUT2D eigenvalue weighted by Gasteiger charge is 2.41. The second-order valence-electron chi connectivity index (χ2n) is 5.35. The van der Waals surface area contributed by atoms with Gasteiger partial charge in [0.1, 0.15) is 11.4 Å². The first-order chi connectivity index (χ1) is 9.34. The van der Waals surface area contributed by atoms with Crippen molar-refractivity contribution >= 4 is 5.97 Å². The van der Waals surface area contributed by atoms with Gasteiger partial charge in [-0.15, -0.1) is 0 Å². The molecule has 1 N–H and O–H groups in total. The maximum Gasteiger partial charge on any atom is 0.312 e. The molecule has 0 amide bonds. The van der Waals surface area contributed by atoms with Crippen LogP contribution in [0.2, 0.25) is 0 Å². The number of carbonyl (C=O) groups is 1. The lowest BCUT2D eigenvalue weighted by Gasteiger charge is -2.34. The zero-order chi connectivity index (χ0) is 15.3. The quantitative estimate of drug-likeness (QED) is 0.814. The molecule has 0 heterocycles. The SMILES string of the molecule is CCOC(=O)C(C(C)C)C(C)(O)c1ccc(OC)cc1. The van der Waals surface area contributed by atoms with E-state index in [1.807, 2.05) is 13.8 Å². The Morgan fingerprint density at radius 3 is 2.25 bits per heavy atom. The predicted molar refractivity (Wildman–Crippen MR) is 77.5 cm³/mol. The second kappa shape index (κ2) is 6.75. The standard InChI is InChI=1S/C16H24O4/c1-6-20-15(17)14(11(2)3)16(4,18)12-7-9-13(19-5)10-8-12/h7-11,14,18H,6H2,1-5H3. The van der Waals surface area contributed by atoms with Crippen LogP contribution >= 0.6 is 0 Å². The summed E-state index contributed by atoms with van der Waals surface area (Å²) in [5, 5.41) is 10.8. The normalized spacial score (nSPS) is 15.6. The highest BCUT2D eigenvalue weighted by Crippen LogP contribution is 2.35. The molecule has 0 saturated heterocycles. The minimum Gasteiger partial charge on any atom is -0.497 e. The number of methoxy groups -OCH3 is 1. The largest absolute Gasteiger partial charge is 0.497 e. The number of hydrogen-bond acceptors (Lipinski definition) is 4. The van der Waals surface area contributed by atoms with Crippen molar-refractivity contribution in [2.24, 2.45) is 11.8 Å². The predicted octanol–water partition coefficient (Wildman–Crippen LogP) is 2.74. The van der Waals surface area contributed by atoms with E-state index >= 15 is 0 Å². The maximum atomic E-state index is 12.1. The number of ether oxygens (including phenoxy) is 2. The van der Waals surface area contributed by atoms with E-state index in [2.05, 4.69) is 0 Å². The Morgan fingerprint density at radius 1 is 1.30 bits per heavy atom. The first-order valence-corrected chi connectivity index (χ1v) is 6.88. The van der Waals surface area contributed by atoms with Crippen LogP contribution in [0.3, 0.4) is 0 Å². The van der Waals surface area contributed by atoms with Crippen molar-refractivity contribution in [2.45, 2.75) is 33.3 Å².